The van der Waals surface area contributed by atoms with Gasteiger partial charge in [0.2, 0.25) is 0 Å². The molecule has 0 spiro atoms. The highest BCUT2D eigenvalue weighted by molar-refractivity contribution is 5.96. The summed E-state index contributed by atoms with van der Waals surface area (Å²) < 4.78 is 10.0. The van der Waals surface area contributed by atoms with Crippen LogP contribution >= 0.6 is 0 Å². The van der Waals surface area contributed by atoms with Gasteiger partial charge in [-0.3, -0.25) is 4.79 Å². The molecule has 4 rings (SSSR count). The zero-order chi connectivity index (χ0) is 21.3. The summed E-state index contributed by atoms with van der Waals surface area (Å²) in [5.41, 5.74) is -0.143. The second-order valence-corrected chi connectivity index (χ2v) is 7.38. The summed E-state index contributed by atoms with van der Waals surface area (Å²) in [5, 5.41) is 11.2. The topological polar surface area (TPSA) is 97.1 Å². The van der Waals surface area contributed by atoms with Crippen LogP contribution in [-0.2, 0) is 9.53 Å². The Labute approximate surface area is 172 Å². The van der Waals surface area contributed by atoms with Crippen LogP contribution in [0, 0.1) is 0 Å². The maximum Gasteiger partial charge on any atom is 0.344 e. The summed E-state index contributed by atoms with van der Waals surface area (Å²) in [6.07, 6.45) is 0.221. The predicted octanol–water partition coefficient (Wildman–Crippen LogP) is 2.60. The molecule has 3 aromatic rings. The van der Waals surface area contributed by atoms with E-state index in [1.807, 2.05) is 12.1 Å². The maximum absolute atomic E-state index is 13.0. The molecule has 30 heavy (non-hydrogen) atoms. The van der Waals surface area contributed by atoms with E-state index in [1.165, 1.54) is 7.11 Å². The minimum absolute atomic E-state index is 0.110. The van der Waals surface area contributed by atoms with Gasteiger partial charge in [-0.05, 0) is 29.8 Å². The zero-order valence-electron chi connectivity index (χ0n) is 16.5. The third-order valence-electron chi connectivity index (χ3n) is 5.51. The number of aliphatic hydroxyl groups is 1. The Kier molecular flexibility index (Phi) is 5.13. The molecule has 7 heteroatoms. The van der Waals surface area contributed by atoms with Crippen molar-refractivity contribution in [3.8, 4) is 11.1 Å². The van der Waals surface area contributed by atoms with Crippen LogP contribution in [-0.4, -0.2) is 47.7 Å². The van der Waals surface area contributed by atoms with Crippen LogP contribution < -0.4 is 5.63 Å². The number of carbonyl (C=O) groups excluding carboxylic acids is 2. The largest absolute Gasteiger partial charge is 0.467 e. The Balaban J connectivity index is 1.59. The van der Waals surface area contributed by atoms with Crippen molar-refractivity contribution >= 4 is 22.8 Å². The number of methoxy groups -OCH3 is 1. The molecule has 1 aromatic heterocycles. The number of fused-ring (bicyclic) bond motifs is 1. The van der Waals surface area contributed by atoms with Crippen molar-refractivity contribution in [1.82, 2.24) is 4.90 Å². The van der Waals surface area contributed by atoms with Gasteiger partial charge >= 0.3 is 11.6 Å². The Morgan fingerprint density at radius 3 is 2.53 bits per heavy atom. The van der Waals surface area contributed by atoms with E-state index in [4.69, 9.17) is 4.42 Å². The lowest BCUT2D eigenvalue weighted by Crippen LogP contribution is -2.51. The van der Waals surface area contributed by atoms with Gasteiger partial charge in [-0.2, -0.15) is 0 Å². The van der Waals surface area contributed by atoms with Crippen molar-refractivity contribution in [1.29, 1.82) is 0 Å². The SMILES string of the molecule is COC(=O)C1(O)CCN(C(=O)c2cccc(-c3cc4ccccc4oc3=O)c2)CC1. The molecule has 1 amide bonds. The van der Waals surface area contributed by atoms with Gasteiger partial charge in [-0.1, -0.05) is 30.3 Å². The molecule has 7 nitrogen and oxygen atoms in total. The fraction of sp³-hybridized carbons (Fsp3) is 0.261. The Hall–Kier alpha value is -3.45. The second kappa shape index (κ2) is 7.76. The van der Waals surface area contributed by atoms with E-state index in [-0.39, 0.29) is 31.8 Å². The number of para-hydroxylation sites is 1. The number of carbonyl (C=O) groups is 2. The normalized spacial score (nSPS) is 15.7. The van der Waals surface area contributed by atoms with Crippen molar-refractivity contribution in [2.45, 2.75) is 18.4 Å². The average molecular weight is 407 g/mol. The third kappa shape index (κ3) is 3.59. The average Bonchev–Trinajstić information content (AvgIpc) is 2.78. The molecule has 0 unspecified atom stereocenters. The molecule has 2 aromatic carbocycles. The fourth-order valence-electron chi connectivity index (χ4n) is 3.74. The van der Waals surface area contributed by atoms with E-state index >= 15 is 0 Å². The van der Waals surface area contributed by atoms with Crippen molar-refractivity contribution in [3.63, 3.8) is 0 Å². The summed E-state index contributed by atoms with van der Waals surface area (Å²) in [6.45, 7) is 0.458. The van der Waals surface area contributed by atoms with Gasteiger partial charge in [-0.15, -0.1) is 0 Å². The number of esters is 1. The van der Waals surface area contributed by atoms with Crippen LogP contribution in [0.2, 0.25) is 0 Å². The summed E-state index contributed by atoms with van der Waals surface area (Å²) in [4.78, 5) is 38.7. The third-order valence-corrected chi connectivity index (χ3v) is 5.51. The lowest BCUT2D eigenvalue weighted by molar-refractivity contribution is -0.166. The number of piperidine rings is 1. The number of likely N-dealkylation sites (tertiary alicyclic amines) is 1. The molecule has 154 valence electrons. The first-order valence-electron chi connectivity index (χ1n) is 9.65. The van der Waals surface area contributed by atoms with Gasteiger partial charge in [0.05, 0.1) is 12.7 Å². The van der Waals surface area contributed by atoms with Crippen LogP contribution in [0.15, 0.2) is 63.8 Å². The van der Waals surface area contributed by atoms with Crippen LogP contribution in [0.5, 0.6) is 0 Å². The summed E-state index contributed by atoms with van der Waals surface area (Å²) >= 11 is 0. The molecule has 1 fully saturated rings. The van der Waals surface area contributed by atoms with E-state index in [0.717, 1.165) is 5.39 Å². The molecule has 2 heterocycles. The van der Waals surface area contributed by atoms with Crippen molar-refractivity contribution in [3.05, 3.63) is 70.6 Å². The molecule has 0 saturated carbocycles. The van der Waals surface area contributed by atoms with E-state index in [9.17, 15) is 19.5 Å². The van der Waals surface area contributed by atoms with E-state index in [1.54, 1.807) is 47.4 Å². The summed E-state index contributed by atoms with van der Waals surface area (Å²) in [5.74, 6) is -0.909. The van der Waals surface area contributed by atoms with E-state index < -0.39 is 17.2 Å². The van der Waals surface area contributed by atoms with Gasteiger partial charge < -0.3 is 19.2 Å². The van der Waals surface area contributed by atoms with E-state index in [2.05, 4.69) is 4.74 Å². The van der Waals surface area contributed by atoms with Gasteiger partial charge in [0.25, 0.3) is 5.91 Å². The van der Waals surface area contributed by atoms with Gasteiger partial charge in [0.15, 0.2) is 5.60 Å². The standard InChI is InChI=1S/C23H21NO6/c1-29-22(27)23(28)9-11-24(12-10-23)20(25)17-7-4-6-15(13-17)18-14-16-5-2-3-8-19(16)30-21(18)26/h2-8,13-14,28H,9-12H2,1H3. The van der Waals surface area contributed by atoms with Crippen molar-refractivity contribution in [2.24, 2.45) is 0 Å². The van der Waals surface area contributed by atoms with Gasteiger partial charge in [0.1, 0.15) is 5.58 Å². The number of amides is 1. The number of hydrogen-bond donors (Lipinski definition) is 1. The maximum atomic E-state index is 13.0. The van der Waals surface area contributed by atoms with Crippen molar-refractivity contribution in [2.75, 3.05) is 20.2 Å². The highest BCUT2D eigenvalue weighted by Gasteiger charge is 2.41. The molecule has 1 aliphatic rings. The molecule has 1 aliphatic heterocycles. The first-order chi connectivity index (χ1) is 14.4. The van der Waals surface area contributed by atoms with Crippen LogP contribution in [0.1, 0.15) is 23.2 Å². The molecular weight excluding hydrogens is 386 g/mol. The van der Waals surface area contributed by atoms with Gasteiger partial charge in [-0.25, -0.2) is 9.59 Å². The molecule has 1 saturated heterocycles. The molecule has 1 N–H and O–H groups in total. The van der Waals surface area contributed by atoms with Crippen LogP contribution in [0.3, 0.4) is 0 Å². The zero-order valence-corrected chi connectivity index (χ0v) is 16.5. The first kappa shape index (κ1) is 19.8. The lowest BCUT2D eigenvalue weighted by Gasteiger charge is -2.36. The summed E-state index contributed by atoms with van der Waals surface area (Å²) in [7, 11) is 1.23. The number of rotatable bonds is 3. The smallest absolute Gasteiger partial charge is 0.344 e. The Bertz CT molecular complexity index is 1170. The van der Waals surface area contributed by atoms with Crippen molar-refractivity contribution < 1.29 is 23.8 Å². The molecule has 0 radical (unpaired) electrons. The Morgan fingerprint density at radius 2 is 1.80 bits per heavy atom. The Morgan fingerprint density at radius 1 is 1.07 bits per heavy atom. The number of ether oxygens (including phenoxy) is 1. The fourth-order valence-corrected chi connectivity index (χ4v) is 3.74. The molecule has 0 aliphatic carbocycles. The number of hydrogen-bond acceptors (Lipinski definition) is 6. The van der Waals surface area contributed by atoms with E-state index in [0.29, 0.717) is 22.3 Å². The van der Waals surface area contributed by atoms with Crippen LogP contribution in [0.25, 0.3) is 22.1 Å². The second-order valence-electron chi connectivity index (χ2n) is 7.38. The highest BCUT2D eigenvalue weighted by atomic mass is 16.5. The highest BCUT2D eigenvalue weighted by Crippen LogP contribution is 2.26. The minimum atomic E-state index is -1.56. The molecular formula is C23H21NO6. The minimum Gasteiger partial charge on any atom is -0.467 e. The number of nitrogens with zero attached hydrogens (tertiary/aromatic N) is 1. The molecule has 0 bridgehead atoms. The first-order valence-corrected chi connectivity index (χ1v) is 9.65. The van der Waals surface area contributed by atoms with Gasteiger partial charge in [0, 0.05) is 36.9 Å². The monoisotopic (exact) mass is 407 g/mol. The summed E-state index contributed by atoms with van der Waals surface area (Å²) in [6, 6.07) is 15.8. The quantitative estimate of drug-likeness (QED) is 0.530. The lowest BCUT2D eigenvalue weighted by atomic mass is 9.91. The van der Waals surface area contributed by atoms with Crippen LogP contribution in [0.4, 0.5) is 0 Å². The predicted molar refractivity (Wildman–Crippen MR) is 110 cm³/mol. The number of benzene rings is 2. The molecule has 0 atom stereocenters.